The summed E-state index contributed by atoms with van der Waals surface area (Å²) >= 11 is 0. The number of nitrogens with one attached hydrogen (secondary N) is 1. The minimum absolute atomic E-state index is 0.0912. The number of alkyl halides is 3. The third kappa shape index (κ3) is 3.55. The number of halogens is 4. The first kappa shape index (κ1) is 14.8. The Hall–Kier alpha value is -1.14. The van der Waals surface area contributed by atoms with Gasteiger partial charge in [0.05, 0.1) is 11.7 Å². The van der Waals surface area contributed by atoms with Crippen LogP contribution in [0.15, 0.2) is 18.2 Å². The largest absolute Gasteiger partial charge is 0.416 e. The first-order valence-corrected chi connectivity index (χ1v) is 7.16. The van der Waals surface area contributed by atoms with Crippen LogP contribution in [0.1, 0.15) is 36.5 Å². The van der Waals surface area contributed by atoms with Gasteiger partial charge >= 0.3 is 6.18 Å². The van der Waals surface area contributed by atoms with Crippen molar-refractivity contribution in [2.24, 2.45) is 5.92 Å². The van der Waals surface area contributed by atoms with E-state index in [1.54, 1.807) is 0 Å². The van der Waals surface area contributed by atoms with Crippen molar-refractivity contribution in [3.8, 4) is 0 Å². The van der Waals surface area contributed by atoms with E-state index in [1.165, 1.54) is 0 Å². The van der Waals surface area contributed by atoms with Crippen LogP contribution in [0.3, 0.4) is 0 Å². The van der Waals surface area contributed by atoms with Crippen LogP contribution in [-0.4, -0.2) is 19.2 Å². The zero-order valence-electron chi connectivity index (χ0n) is 11.4. The summed E-state index contributed by atoms with van der Waals surface area (Å²) in [5.74, 6) is -0.780. The Balaban J connectivity index is 1.79. The molecule has 0 bridgehead atoms. The minimum Gasteiger partial charge on any atom is -0.373 e. The van der Waals surface area contributed by atoms with Crippen LogP contribution in [-0.2, 0) is 10.9 Å². The molecule has 1 aliphatic carbocycles. The van der Waals surface area contributed by atoms with Crippen LogP contribution in [0.2, 0.25) is 0 Å². The van der Waals surface area contributed by atoms with E-state index in [0.717, 1.165) is 31.4 Å². The molecule has 6 heteroatoms. The van der Waals surface area contributed by atoms with Gasteiger partial charge < -0.3 is 10.1 Å². The fourth-order valence-electron chi connectivity index (χ4n) is 2.76. The van der Waals surface area contributed by atoms with Gasteiger partial charge in [0.1, 0.15) is 5.82 Å². The molecule has 0 amide bonds. The Kier molecular flexibility index (Phi) is 3.92. The maximum atomic E-state index is 13.5. The molecule has 1 aliphatic heterocycles. The lowest BCUT2D eigenvalue weighted by molar-refractivity contribution is -0.137. The summed E-state index contributed by atoms with van der Waals surface area (Å²) in [4.78, 5) is 0. The van der Waals surface area contributed by atoms with Gasteiger partial charge in [-0.15, -0.1) is 0 Å². The molecule has 1 aromatic rings. The van der Waals surface area contributed by atoms with Crippen LogP contribution in [0.4, 0.5) is 17.6 Å². The van der Waals surface area contributed by atoms with Crippen molar-refractivity contribution in [2.45, 2.75) is 37.6 Å². The Labute approximate surface area is 120 Å². The Morgan fingerprint density at radius 3 is 2.57 bits per heavy atom. The predicted molar refractivity (Wildman–Crippen MR) is 69.2 cm³/mol. The molecule has 0 radical (unpaired) electrons. The molecule has 2 fully saturated rings. The van der Waals surface area contributed by atoms with Gasteiger partial charge in [-0.3, -0.25) is 0 Å². The predicted octanol–water partition coefficient (Wildman–Crippen LogP) is 3.67. The first-order chi connectivity index (χ1) is 9.93. The molecule has 1 aromatic carbocycles. The highest BCUT2D eigenvalue weighted by Crippen LogP contribution is 2.38. The van der Waals surface area contributed by atoms with Crippen LogP contribution in [0.25, 0.3) is 0 Å². The zero-order valence-corrected chi connectivity index (χ0v) is 11.4. The second kappa shape index (κ2) is 5.57. The van der Waals surface area contributed by atoms with Gasteiger partial charge in [0, 0.05) is 25.1 Å². The number of ether oxygens (including phenoxy) is 1. The molecule has 116 valence electrons. The molecule has 1 N–H and O–H groups in total. The van der Waals surface area contributed by atoms with Crippen LogP contribution < -0.4 is 5.32 Å². The van der Waals surface area contributed by atoms with Crippen molar-refractivity contribution >= 4 is 0 Å². The molecule has 0 spiro atoms. The van der Waals surface area contributed by atoms with E-state index in [2.05, 4.69) is 5.32 Å². The number of hydrogen-bond acceptors (Lipinski definition) is 2. The monoisotopic (exact) mass is 303 g/mol. The summed E-state index contributed by atoms with van der Waals surface area (Å²) in [7, 11) is 0. The molecular formula is C15H17F4NO. The average molecular weight is 303 g/mol. The maximum Gasteiger partial charge on any atom is 0.416 e. The van der Waals surface area contributed by atoms with Gasteiger partial charge in [-0.1, -0.05) is 0 Å². The fraction of sp³-hybridized carbons (Fsp3) is 0.600. The summed E-state index contributed by atoms with van der Waals surface area (Å²) in [5, 5.41) is 3.36. The second-order valence-electron chi connectivity index (χ2n) is 5.79. The first-order valence-electron chi connectivity index (χ1n) is 7.16. The summed E-state index contributed by atoms with van der Waals surface area (Å²) < 4.78 is 57.4. The van der Waals surface area contributed by atoms with E-state index in [4.69, 9.17) is 4.74 Å². The third-order valence-electron chi connectivity index (χ3n) is 4.04. The number of rotatable bonds is 4. The van der Waals surface area contributed by atoms with Gasteiger partial charge in [-0.05, 0) is 43.0 Å². The Morgan fingerprint density at radius 2 is 1.90 bits per heavy atom. The van der Waals surface area contributed by atoms with Gasteiger partial charge in [0.25, 0.3) is 0 Å². The summed E-state index contributed by atoms with van der Waals surface area (Å²) in [5.41, 5.74) is -0.677. The molecule has 0 aromatic heterocycles. The Bertz CT molecular complexity index is 513. The van der Waals surface area contributed by atoms with Crippen molar-refractivity contribution in [3.63, 3.8) is 0 Å². The van der Waals surface area contributed by atoms with E-state index in [9.17, 15) is 17.6 Å². The lowest BCUT2D eigenvalue weighted by Crippen LogP contribution is -2.26. The SMILES string of the molecule is Fc1cc(C2OCCC2CNC2CC2)cc(C(F)(F)F)c1. The van der Waals surface area contributed by atoms with Crippen molar-refractivity contribution in [1.29, 1.82) is 0 Å². The van der Waals surface area contributed by atoms with Crippen molar-refractivity contribution in [2.75, 3.05) is 13.2 Å². The maximum absolute atomic E-state index is 13.5. The molecule has 1 heterocycles. The van der Waals surface area contributed by atoms with Gasteiger partial charge in [-0.25, -0.2) is 4.39 Å². The molecular weight excluding hydrogens is 286 g/mol. The van der Waals surface area contributed by atoms with Crippen molar-refractivity contribution in [1.82, 2.24) is 5.32 Å². The number of benzene rings is 1. The lowest BCUT2D eigenvalue weighted by Gasteiger charge is -2.20. The highest BCUT2D eigenvalue weighted by atomic mass is 19.4. The normalized spacial score (nSPS) is 26.3. The molecule has 2 nitrogen and oxygen atoms in total. The molecule has 1 saturated heterocycles. The van der Waals surface area contributed by atoms with E-state index in [-0.39, 0.29) is 11.5 Å². The molecule has 3 rings (SSSR count). The summed E-state index contributed by atoms with van der Waals surface area (Å²) in [6.45, 7) is 1.20. The second-order valence-corrected chi connectivity index (χ2v) is 5.79. The van der Waals surface area contributed by atoms with E-state index in [0.29, 0.717) is 25.3 Å². The van der Waals surface area contributed by atoms with Crippen LogP contribution >= 0.6 is 0 Å². The van der Waals surface area contributed by atoms with E-state index < -0.39 is 23.7 Å². The van der Waals surface area contributed by atoms with Crippen LogP contribution in [0.5, 0.6) is 0 Å². The van der Waals surface area contributed by atoms with Crippen LogP contribution in [0, 0.1) is 11.7 Å². The molecule has 1 saturated carbocycles. The quantitative estimate of drug-likeness (QED) is 0.857. The zero-order chi connectivity index (χ0) is 15.0. The van der Waals surface area contributed by atoms with Crippen molar-refractivity contribution in [3.05, 3.63) is 35.1 Å². The van der Waals surface area contributed by atoms with Crippen molar-refractivity contribution < 1.29 is 22.3 Å². The smallest absolute Gasteiger partial charge is 0.373 e. The minimum atomic E-state index is -4.54. The third-order valence-corrected chi connectivity index (χ3v) is 4.04. The van der Waals surface area contributed by atoms with Gasteiger partial charge in [0.2, 0.25) is 0 Å². The Morgan fingerprint density at radius 1 is 1.14 bits per heavy atom. The topological polar surface area (TPSA) is 21.3 Å². The fourth-order valence-corrected chi connectivity index (χ4v) is 2.76. The van der Waals surface area contributed by atoms with Gasteiger partial charge in [0.15, 0.2) is 0 Å². The number of hydrogen-bond donors (Lipinski definition) is 1. The van der Waals surface area contributed by atoms with E-state index >= 15 is 0 Å². The highest BCUT2D eigenvalue weighted by Gasteiger charge is 2.35. The molecule has 2 atom stereocenters. The summed E-state index contributed by atoms with van der Waals surface area (Å²) in [6.07, 6.45) is -1.93. The molecule has 2 aliphatic rings. The summed E-state index contributed by atoms with van der Waals surface area (Å²) in [6, 6.07) is 3.21. The average Bonchev–Trinajstić information content (AvgIpc) is 3.11. The molecule has 21 heavy (non-hydrogen) atoms. The lowest BCUT2D eigenvalue weighted by atomic mass is 9.94. The van der Waals surface area contributed by atoms with E-state index in [1.807, 2.05) is 0 Å². The molecule has 2 unspecified atom stereocenters. The standard InChI is InChI=1S/C15H17F4NO/c16-12-6-10(5-11(7-12)15(17,18)19)14-9(3-4-21-14)8-20-13-1-2-13/h5-7,9,13-14,20H,1-4,8H2. The van der Waals surface area contributed by atoms with Gasteiger partial charge in [-0.2, -0.15) is 13.2 Å². The highest BCUT2D eigenvalue weighted by molar-refractivity contribution is 5.29.